The van der Waals surface area contributed by atoms with E-state index in [2.05, 4.69) is 20.9 Å². The summed E-state index contributed by atoms with van der Waals surface area (Å²) in [6.45, 7) is 2.79. The van der Waals surface area contributed by atoms with Crippen molar-refractivity contribution in [2.24, 2.45) is 0 Å². The van der Waals surface area contributed by atoms with Gasteiger partial charge < -0.3 is 20.1 Å². The molecule has 1 saturated heterocycles. The van der Waals surface area contributed by atoms with Crippen LogP contribution in [0.3, 0.4) is 0 Å². The fraction of sp³-hybridized carbons (Fsp3) is 0.500. The van der Waals surface area contributed by atoms with Gasteiger partial charge in [0.15, 0.2) is 34.0 Å². The highest BCUT2D eigenvalue weighted by Gasteiger charge is 2.75. The molecule has 26 heavy (non-hydrogen) atoms. The monoisotopic (exact) mass is 447 g/mol. The molecule has 0 saturated carbocycles. The number of pyridine rings is 1. The molecule has 10 heteroatoms. The highest BCUT2D eigenvalue weighted by Crippen LogP contribution is 2.48. The van der Waals surface area contributed by atoms with Crippen LogP contribution in [0.1, 0.15) is 20.8 Å². The fourth-order valence-electron chi connectivity index (χ4n) is 2.92. The van der Waals surface area contributed by atoms with E-state index in [4.69, 9.17) is 4.74 Å². The lowest BCUT2D eigenvalue weighted by atomic mass is 9.65. The van der Waals surface area contributed by atoms with Gasteiger partial charge in [-0.2, -0.15) is 0 Å². The number of Topliss-reactive ketones (excluding diaryl/α,β-unsaturated/α-hetero) is 3. The lowest BCUT2D eigenvalue weighted by molar-refractivity contribution is -0.236. The summed E-state index contributed by atoms with van der Waals surface area (Å²) in [6, 6.07) is 3.05. The van der Waals surface area contributed by atoms with Crippen molar-refractivity contribution < 1.29 is 34.4 Å². The molecule has 4 atom stereocenters. The number of aliphatic hydroxyl groups is 3. The zero-order chi connectivity index (χ0) is 19.9. The molecule has 0 radical (unpaired) electrons. The Morgan fingerprint density at radius 1 is 1.15 bits per heavy atom. The maximum Gasteiger partial charge on any atom is 0.208 e. The molecule has 142 valence electrons. The van der Waals surface area contributed by atoms with Gasteiger partial charge in [-0.05, 0) is 48.8 Å². The Morgan fingerprint density at radius 3 is 2.19 bits per heavy atom. The third-order valence-corrected chi connectivity index (χ3v) is 6.30. The molecule has 1 aliphatic rings. The van der Waals surface area contributed by atoms with Crippen molar-refractivity contribution in [3.63, 3.8) is 0 Å². The van der Waals surface area contributed by atoms with Crippen LogP contribution in [-0.4, -0.2) is 65.6 Å². The molecule has 2 rings (SSSR count). The summed E-state index contributed by atoms with van der Waals surface area (Å²) < 4.78 is 6.10. The third kappa shape index (κ3) is 2.89. The minimum atomic E-state index is -3.07. The second-order valence-electron chi connectivity index (χ2n) is 6.08. The van der Waals surface area contributed by atoms with Crippen LogP contribution < -0.4 is 4.74 Å². The Bertz CT molecular complexity index is 757. The molecule has 2 heterocycles. The molecule has 0 bridgehead atoms. The Labute approximate surface area is 162 Å². The predicted octanol–water partition coefficient (Wildman–Crippen LogP) is 0.256. The number of thioether (sulfide) groups is 1. The number of ether oxygens (including phenoxy) is 1. The maximum atomic E-state index is 12.3. The number of carbonyl (C=O) groups excluding carboxylic acids is 3. The molecule has 0 amide bonds. The number of rotatable bonds is 5. The average molecular weight is 448 g/mol. The Morgan fingerprint density at radius 2 is 1.77 bits per heavy atom. The van der Waals surface area contributed by atoms with Crippen molar-refractivity contribution in [2.75, 3.05) is 5.75 Å². The van der Waals surface area contributed by atoms with Gasteiger partial charge in [0.25, 0.3) is 0 Å². The summed E-state index contributed by atoms with van der Waals surface area (Å²) >= 11 is 3.89. The SMILES string of the molecule is CC(=O)[C@]1(O)[C@@](O)(C(C)=O)CS[C@H](Oc2ccc(Br)nc2)[C@@]1(O)C(C)=O. The summed E-state index contributed by atoms with van der Waals surface area (Å²) in [4.78, 5) is 40.5. The summed E-state index contributed by atoms with van der Waals surface area (Å²) in [6.07, 6.45) is 1.31. The normalized spacial score (nSPS) is 34.2. The first-order valence-corrected chi connectivity index (χ1v) is 9.35. The molecule has 0 spiro atoms. The number of aromatic nitrogens is 1. The third-order valence-electron chi connectivity index (χ3n) is 4.51. The summed E-state index contributed by atoms with van der Waals surface area (Å²) in [7, 11) is 0. The van der Waals surface area contributed by atoms with Gasteiger partial charge in [-0.25, -0.2) is 4.98 Å². The van der Waals surface area contributed by atoms with Crippen molar-refractivity contribution in [3.8, 4) is 5.75 Å². The van der Waals surface area contributed by atoms with E-state index in [0.29, 0.717) is 4.60 Å². The van der Waals surface area contributed by atoms with Crippen LogP contribution in [0.15, 0.2) is 22.9 Å². The molecule has 1 fully saturated rings. The van der Waals surface area contributed by atoms with Gasteiger partial charge >= 0.3 is 0 Å². The summed E-state index contributed by atoms with van der Waals surface area (Å²) in [5.74, 6) is -3.41. The van der Waals surface area contributed by atoms with Crippen LogP contribution in [-0.2, 0) is 14.4 Å². The molecule has 1 aromatic heterocycles. The van der Waals surface area contributed by atoms with Gasteiger partial charge in [0.05, 0.1) is 6.20 Å². The van der Waals surface area contributed by atoms with Crippen LogP contribution in [0.5, 0.6) is 5.75 Å². The van der Waals surface area contributed by atoms with Crippen LogP contribution in [0.4, 0.5) is 0 Å². The second-order valence-corrected chi connectivity index (χ2v) is 7.95. The summed E-state index contributed by atoms with van der Waals surface area (Å²) in [5.41, 5.74) is -10.1. The quantitative estimate of drug-likeness (QED) is 0.542. The number of nitrogens with zero attached hydrogens (tertiary/aromatic N) is 1. The van der Waals surface area contributed by atoms with Gasteiger partial charge in [-0.3, -0.25) is 14.4 Å². The lowest BCUT2D eigenvalue weighted by Crippen LogP contribution is -2.82. The molecule has 1 aliphatic heterocycles. The largest absolute Gasteiger partial charge is 0.474 e. The second kappa shape index (κ2) is 7.01. The van der Waals surface area contributed by atoms with Crippen molar-refractivity contribution in [1.29, 1.82) is 0 Å². The van der Waals surface area contributed by atoms with Gasteiger partial charge in [0, 0.05) is 5.75 Å². The molecular weight excluding hydrogens is 430 g/mol. The van der Waals surface area contributed by atoms with Crippen LogP contribution in [0.25, 0.3) is 0 Å². The number of hydrogen-bond donors (Lipinski definition) is 3. The first kappa shape index (κ1) is 21.0. The van der Waals surface area contributed by atoms with Crippen molar-refractivity contribution in [2.45, 2.75) is 43.0 Å². The van der Waals surface area contributed by atoms with E-state index in [0.717, 1.165) is 32.5 Å². The van der Waals surface area contributed by atoms with Gasteiger partial charge in [-0.1, -0.05) is 0 Å². The Kier molecular flexibility index (Phi) is 5.65. The smallest absolute Gasteiger partial charge is 0.208 e. The molecular formula is C16H18BrNO7S. The lowest BCUT2D eigenvalue weighted by Gasteiger charge is -2.54. The van der Waals surface area contributed by atoms with E-state index in [-0.39, 0.29) is 5.75 Å². The van der Waals surface area contributed by atoms with E-state index in [1.807, 2.05) is 0 Å². The highest BCUT2D eigenvalue weighted by molar-refractivity contribution is 9.10. The molecule has 0 aromatic carbocycles. The number of hydrogen-bond acceptors (Lipinski definition) is 9. The molecule has 3 N–H and O–H groups in total. The Hall–Kier alpha value is -1.33. The van der Waals surface area contributed by atoms with E-state index < -0.39 is 45.3 Å². The van der Waals surface area contributed by atoms with Gasteiger partial charge in [0.2, 0.25) is 5.60 Å². The van der Waals surface area contributed by atoms with Crippen molar-refractivity contribution in [3.05, 3.63) is 22.9 Å². The van der Waals surface area contributed by atoms with Crippen molar-refractivity contribution >= 4 is 45.0 Å². The highest BCUT2D eigenvalue weighted by atomic mass is 79.9. The van der Waals surface area contributed by atoms with Gasteiger partial charge in [-0.15, -0.1) is 11.8 Å². The Balaban J connectivity index is 2.59. The van der Waals surface area contributed by atoms with Crippen LogP contribution >= 0.6 is 27.7 Å². The van der Waals surface area contributed by atoms with E-state index in [1.54, 1.807) is 6.07 Å². The predicted molar refractivity (Wildman–Crippen MR) is 95.7 cm³/mol. The van der Waals surface area contributed by atoms with E-state index in [9.17, 15) is 29.7 Å². The topological polar surface area (TPSA) is 134 Å². The molecule has 8 nitrogen and oxygen atoms in total. The van der Waals surface area contributed by atoms with Gasteiger partial charge in [0.1, 0.15) is 10.4 Å². The molecule has 1 aromatic rings. The van der Waals surface area contributed by atoms with E-state index >= 15 is 0 Å². The first-order valence-electron chi connectivity index (χ1n) is 7.51. The fourth-order valence-corrected chi connectivity index (χ4v) is 4.71. The first-order chi connectivity index (χ1) is 11.9. The average Bonchev–Trinajstić information content (AvgIpc) is 2.56. The molecule has 0 aliphatic carbocycles. The van der Waals surface area contributed by atoms with Crippen LogP contribution in [0.2, 0.25) is 0 Å². The zero-order valence-electron chi connectivity index (χ0n) is 14.2. The summed E-state index contributed by atoms with van der Waals surface area (Å²) in [5, 5.41) is 32.8. The van der Waals surface area contributed by atoms with Crippen molar-refractivity contribution in [1.82, 2.24) is 4.98 Å². The molecule has 0 unspecified atom stereocenters. The zero-order valence-corrected chi connectivity index (χ0v) is 16.6. The number of halogens is 1. The van der Waals surface area contributed by atoms with Crippen LogP contribution in [0, 0.1) is 0 Å². The maximum absolute atomic E-state index is 12.3. The van der Waals surface area contributed by atoms with E-state index in [1.165, 1.54) is 12.3 Å². The minimum Gasteiger partial charge on any atom is -0.474 e. The standard InChI is InChI=1S/C16H18BrNO7S/c1-8(19)14(22)7-26-13(25-11-4-5-12(17)18-6-11)15(23,9(2)20)16(14,24)10(3)21/h4-6,13,22-24H,7H2,1-3H3/t13-,14-,15-,16-/m0/s1. The number of carbonyl (C=O) groups is 3. The number of ketones is 3. The minimum absolute atomic E-state index is 0.157.